The summed E-state index contributed by atoms with van der Waals surface area (Å²) < 4.78 is 0. The van der Waals surface area contributed by atoms with E-state index in [0.717, 1.165) is 16.7 Å². The molecule has 1 heterocycles. The summed E-state index contributed by atoms with van der Waals surface area (Å²) in [5.41, 5.74) is 32.0. The second-order valence-electron chi connectivity index (χ2n) is 13.3. The maximum Gasteiger partial charge on any atom is 0.243 e. The van der Waals surface area contributed by atoms with Crippen molar-refractivity contribution in [2.75, 3.05) is 32.7 Å². The van der Waals surface area contributed by atoms with Gasteiger partial charge in [0.1, 0.15) is 17.8 Å². The molecule has 6 atom stereocenters. The van der Waals surface area contributed by atoms with Gasteiger partial charge in [-0.05, 0) is 79.5 Å². The number of aliphatic hydroxyl groups is 1. The quantitative estimate of drug-likeness (QED) is 0.0726. The maximum absolute atomic E-state index is 13.6. The van der Waals surface area contributed by atoms with Crippen molar-refractivity contribution in [1.82, 2.24) is 26.6 Å². The molecule has 0 spiro atoms. The summed E-state index contributed by atoms with van der Waals surface area (Å²) in [7, 11) is 0. The number of phenols is 1. The van der Waals surface area contributed by atoms with Gasteiger partial charge in [-0.15, -0.1) is 0 Å². The van der Waals surface area contributed by atoms with Crippen molar-refractivity contribution in [2.24, 2.45) is 28.7 Å². The Bertz CT molecular complexity index is 1540. The second-order valence-corrected chi connectivity index (χ2v) is 13.3. The first-order valence-corrected chi connectivity index (χ1v) is 18.0. The van der Waals surface area contributed by atoms with E-state index in [1.54, 1.807) is 18.2 Å². The Kier molecular flexibility index (Phi) is 17.6. The van der Waals surface area contributed by atoms with Gasteiger partial charge in [-0.2, -0.15) is 0 Å². The van der Waals surface area contributed by atoms with Crippen LogP contribution in [0.25, 0.3) is 11.1 Å². The molecular weight excluding hydrogens is 684 g/mol. The topological polar surface area (TPSA) is 316 Å². The lowest BCUT2D eigenvalue weighted by molar-refractivity contribution is -0.132. The van der Waals surface area contributed by atoms with Crippen molar-refractivity contribution >= 4 is 29.5 Å². The number of carbonyl (C=O) groups is 5. The van der Waals surface area contributed by atoms with Gasteiger partial charge >= 0.3 is 0 Å². The minimum Gasteiger partial charge on any atom is -0.508 e. The van der Waals surface area contributed by atoms with E-state index < -0.39 is 59.9 Å². The molecule has 1 aliphatic heterocycles. The molecule has 4 bridgehead atoms. The Labute approximate surface area is 309 Å². The van der Waals surface area contributed by atoms with Crippen molar-refractivity contribution in [3.05, 3.63) is 53.6 Å². The molecule has 3 rings (SSSR count). The predicted octanol–water partition coefficient (Wildman–Crippen LogP) is -2.92. The largest absolute Gasteiger partial charge is 0.508 e. The summed E-state index contributed by atoms with van der Waals surface area (Å²) in [6.07, 6.45) is 1.32. The monoisotopic (exact) mass is 740 g/mol. The first-order valence-electron chi connectivity index (χ1n) is 18.0. The third-order valence-corrected chi connectivity index (χ3v) is 8.96. The lowest BCUT2D eigenvalue weighted by Crippen LogP contribution is -2.56. The van der Waals surface area contributed by atoms with Gasteiger partial charge < -0.3 is 65.5 Å². The molecule has 5 amide bonds. The van der Waals surface area contributed by atoms with Gasteiger partial charge in [0.25, 0.3) is 0 Å². The fourth-order valence-corrected chi connectivity index (χ4v) is 5.74. The van der Waals surface area contributed by atoms with E-state index in [2.05, 4.69) is 26.6 Å². The molecule has 0 radical (unpaired) electrons. The number of aromatic hydroxyl groups is 1. The summed E-state index contributed by atoms with van der Waals surface area (Å²) in [5.74, 6) is -2.44. The van der Waals surface area contributed by atoms with Gasteiger partial charge in [0.05, 0.1) is 24.2 Å². The van der Waals surface area contributed by atoms with Gasteiger partial charge in [-0.3, -0.25) is 24.0 Å². The lowest BCUT2D eigenvalue weighted by atomic mass is 9.96. The zero-order valence-corrected chi connectivity index (χ0v) is 30.0. The van der Waals surface area contributed by atoms with Crippen molar-refractivity contribution < 1.29 is 34.2 Å². The van der Waals surface area contributed by atoms with Crippen molar-refractivity contribution in [1.29, 1.82) is 0 Å². The Hall–Kier alpha value is -4.65. The van der Waals surface area contributed by atoms with Crippen LogP contribution in [0.3, 0.4) is 0 Å². The first kappa shape index (κ1) is 42.8. The summed E-state index contributed by atoms with van der Waals surface area (Å²) in [6, 6.07) is 7.77. The number of fused-ring (bicyclic) bond motifs is 5. The highest BCUT2D eigenvalue weighted by Crippen LogP contribution is 2.28. The standard InChI is InChI=1S/C36H56N10O7/c37-12-2-9-29-36(53)46-30(16-21-5-1-6-22(15-21)23-10-11-31(48)24(17-23)18-28(41)34(51)45-29)35(52)43-14-4-7-26(39)32(49)42-13-3-8-27(40)33(50)44-20-25(47)19-38/h1,5-6,10-11,15,17,25-30,47-48H,2-4,7-9,12-14,16,18-20,37-41H2,(H,42,49)(H,43,52)(H,44,50)(H,45,51)(H,46,53)/t25?,26-,27-,28?,29-,30?/m0/s1. The number of nitrogens with one attached hydrogen (secondary N) is 5. The highest BCUT2D eigenvalue weighted by molar-refractivity contribution is 5.93. The molecule has 0 aliphatic carbocycles. The smallest absolute Gasteiger partial charge is 0.243 e. The molecule has 0 saturated heterocycles. The fourth-order valence-electron chi connectivity index (χ4n) is 5.74. The van der Waals surface area contributed by atoms with Crippen LogP contribution in [0.15, 0.2) is 42.5 Å². The van der Waals surface area contributed by atoms with Crippen molar-refractivity contribution in [3.8, 4) is 16.9 Å². The molecule has 0 aromatic heterocycles. The molecule has 17 N–H and O–H groups in total. The zero-order chi connectivity index (χ0) is 38.9. The highest BCUT2D eigenvalue weighted by atomic mass is 16.3. The number of hydrogen-bond donors (Lipinski definition) is 12. The van der Waals surface area contributed by atoms with Crippen LogP contribution in [-0.2, 0) is 36.8 Å². The van der Waals surface area contributed by atoms with Crippen LogP contribution in [0.1, 0.15) is 49.7 Å². The molecule has 0 saturated carbocycles. The predicted molar refractivity (Wildman–Crippen MR) is 200 cm³/mol. The molecule has 17 nitrogen and oxygen atoms in total. The Morgan fingerprint density at radius 3 is 2.17 bits per heavy atom. The summed E-state index contributed by atoms with van der Waals surface area (Å²) >= 11 is 0. The molecule has 2 aromatic carbocycles. The van der Waals surface area contributed by atoms with Crippen molar-refractivity contribution in [2.45, 2.75) is 87.7 Å². The number of aliphatic hydroxyl groups excluding tert-OH is 1. The molecule has 0 fully saturated rings. The Balaban J connectivity index is 1.61. The van der Waals surface area contributed by atoms with Gasteiger partial charge in [0.15, 0.2) is 0 Å². The van der Waals surface area contributed by atoms with E-state index in [1.807, 2.05) is 24.3 Å². The minimum atomic E-state index is -1.06. The van der Waals surface area contributed by atoms with E-state index in [0.29, 0.717) is 31.2 Å². The van der Waals surface area contributed by atoms with E-state index in [-0.39, 0.29) is 70.1 Å². The number of hydrogen-bond acceptors (Lipinski definition) is 12. The number of amides is 5. The van der Waals surface area contributed by atoms with Crippen LogP contribution in [0.5, 0.6) is 5.75 Å². The van der Waals surface area contributed by atoms with Gasteiger partial charge in [-0.1, -0.05) is 30.3 Å². The minimum absolute atomic E-state index is 0.00526. The van der Waals surface area contributed by atoms with Gasteiger partial charge in [-0.25, -0.2) is 0 Å². The van der Waals surface area contributed by atoms with Gasteiger partial charge in [0.2, 0.25) is 29.5 Å². The summed E-state index contributed by atoms with van der Waals surface area (Å²) in [4.78, 5) is 64.8. The van der Waals surface area contributed by atoms with E-state index >= 15 is 0 Å². The highest BCUT2D eigenvalue weighted by Gasteiger charge is 2.29. The molecule has 53 heavy (non-hydrogen) atoms. The molecular formula is C36H56N10O7. The van der Waals surface area contributed by atoms with E-state index in [1.165, 1.54) is 0 Å². The molecule has 1 aliphatic rings. The number of nitrogens with two attached hydrogens (primary N) is 5. The third kappa shape index (κ3) is 14.0. The summed E-state index contributed by atoms with van der Waals surface area (Å²) in [6.45, 7) is 0.726. The fraction of sp³-hybridized carbons (Fsp3) is 0.528. The average molecular weight is 741 g/mol. The van der Waals surface area contributed by atoms with Gasteiger partial charge in [0, 0.05) is 39.0 Å². The number of carbonyl (C=O) groups excluding carboxylic acids is 5. The molecule has 3 unspecified atom stereocenters. The van der Waals surface area contributed by atoms with E-state index in [4.69, 9.17) is 28.7 Å². The average Bonchev–Trinajstić information content (AvgIpc) is 3.15. The second kappa shape index (κ2) is 21.8. The molecule has 17 heteroatoms. The maximum atomic E-state index is 13.6. The third-order valence-electron chi connectivity index (χ3n) is 8.96. The SMILES string of the molecule is NCCC[C@@H]1NC(=O)C(N)Cc2cc(ccc2O)-c2cccc(c2)CC(C(=O)NCCC[C@H](N)C(=O)NCCC[C@H](N)C(=O)NCC(O)CN)NC1=O. The first-order chi connectivity index (χ1) is 25.3. The lowest BCUT2D eigenvalue weighted by Gasteiger charge is -2.24. The van der Waals surface area contributed by atoms with Crippen molar-refractivity contribution in [3.63, 3.8) is 0 Å². The number of benzene rings is 2. The number of phenolic OH excluding ortho intramolecular Hbond substituents is 1. The molecule has 2 aromatic rings. The zero-order valence-electron chi connectivity index (χ0n) is 30.0. The normalized spacial score (nSPS) is 19.3. The number of rotatable bonds is 17. The van der Waals surface area contributed by atoms with Crippen LogP contribution in [0.2, 0.25) is 0 Å². The van der Waals surface area contributed by atoms with E-state index in [9.17, 15) is 34.2 Å². The summed E-state index contributed by atoms with van der Waals surface area (Å²) in [5, 5.41) is 33.5. The Morgan fingerprint density at radius 1 is 0.830 bits per heavy atom. The van der Waals surface area contributed by atoms with Crippen LogP contribution >= 0.6 is 0 Å². The van der Waals surface area contributed by atoms with Crippen LogP contribution in [0, 0.1) is 0 Å². The molecule has 292 valence electrons. The van der Waals surface area contributed by atoms with Crippen LogP contribution < -0.4 is 55.3 Å². The van der Waals surface area contributed by atoms with Crippen LogP contribution in [0.4, 0.5) is 0 Å². The Morgan fingerprint density at radius 2 is 1.49 bits per heavy atom. The van der Waals surface area contributed by atoms with Crippen LogP contribution in [-0.4, -0.2) is 109 Å².